The number of benzene rings is 1. The molecule has 1 aliphatic rings. The number of nitrogens with zero attached hydrogens (tertiary/aromatic N) is 1. The third kappa shape index (κ3) is 3.47. The Kier molecular flexibility index (Phi) is 3.80. The summed E-state index contributed by atoms with van der Waals surface area (Å²) >= 11 is 0. The molecule has 1 N–H and O–H groups in total. The van der Waals surface area contributed by atoms with Crippen molar-refractivity contribution in [3.63, 3.8) is 0 Å². The first-order valence-corrected chi connectivity index (χ1v) is 6.66. The Balaban J connectivity index is 2.11. The second kappa shape index (κ2) is 5.21. The van der Waals surface area contributed by atoms with E-state index in [1.165, 1.54) is 0 Å². The van der Waals surface area contributed by atoms with E-state index in [1.807, 2.05) is 26.0 Å². The van der Waals surface area contributed by atoms with Crippen molar-refractivity contribution < 1.29 is 14.6 Å². The third-order valence-corrected chi connectivity index (χ3v) is 3.19. The Bertz CT molecular complexity index is 468. The van der Waals surface area contributed by atoms with Crippen LogP contribution in [-0.2, 0) is 0 Å². The minimum absolute atomic E-state index is 0.0491. The van der Waals surface area contributed by atoms with Gasteiger partial charge in [-0.2, -0.15) is 0 Å². The summed E-state index contributed by atoms with van der Waals surface area (Å²) in [6.45, 7) is 6.65. The van der Waals surface area contributed by atoms with Crippen LogP contribution in [0.1, 0.15) is 37.6 Å². The van der Waals surface area contributed by atoms with Gasteiger partial charge in [-0.3, -0.25) is 4.79 Å². The van der Waals surface area contributed by atoms with Gasteiger partial charge in [0.1, 0.15) is 5.75 Å². The predicted molar refractivity (Wildman–Crippen MR) is 73.4 cm³/mol. The average molecular weight is 263 g/mol. The number of likely N-dealkylation sites (tertiary alicyclic amines) is 1. The molecular formula is C15H21NO3. The molecule has 1 amide bonds. The summed E-state index contributed by atoms with van der Waals surface area (Å²) < 4.78 is 5.59. The highest BCUT2D eigenvalue weighted by molar-refractivity contribution is 5.94. The average Bonchev–Trinajstić information content (AvgIpc) is 2.68. The van der Waals surface area contributed by atoms with Crippen molar-refractivity contribution in [1.82, 2.24) is 4.90 Å². The Morgan fingerprint density at radius 2 is 2.21 bits per heavy atom. The lowest BCUT2D eigenvalue weighted by molar-refractivity contribution is 0.0572. The topological polar surface area (TPSA) is 49.8 Å². The molecule has 19 heavy (non-hydrogen) atoms. The van der Waals surface area contributed by atoms with Gasteiger partial charge in [0.2, 0.25) is 0 Å². The maximum absolute atomic E-state index is 12.3. The molecule has 1 aliphatic heterocycles. The molecule has 0 spiro atoms. The fourth-order valence-electron chi connectivity index (χ4n) is 2.28. The molecule has 1 aromatic rings. The molecule has 1 heterocycles. The van der Waals surface area contributed by atoms with Gasteiger partial charge in [-0.25, -0.2) is 0 Å². The predicted octanol–water partition coefficient (Wildman–Crippen LogP) is 2.07. The molecule has 2 rings (SSSR count). The summed E-state index contributed by atoms with van der Waals surface area (Å²) in [6.07, 6.45) is 0.707. The van der Waals surface area contributed by atoms with E-state index in [4.69, 9.17) is 4.74 Å². The number of β-amino-alcohol motifs (C(OH)–C–C–N with tert-alkyl or cyclic N) is 1. The fraction of sp³-hybridized carbons (Fsp3) is 0.533. The lowest BCUT2D eigenvalue weighted by Gasteiger charge is -2.19. The number of amides is 1. The van der Waals surface area contributed by atoms with Gasteiger partial charge in [0.25, 0.3) is 5.91 Å². The van der Waals surface area contributed by atoms with Crippen molar-refractivity contribution in [2.24, 2.45) is 0 Å². The van der Waals surface area contributed by atoms with Crippen LogP contribution in [0.3, 0.4) is 0 Å². The van der Waals surface area contributed by atoms with E-state index in [1.54, 1.807) is 24.0 Å². The number of hydrogen-bond acceptors (Lipinski definition) is 3. The monoisotopic (exact) mass is 263 g/mol. The van der Waals surface area contributed by atoms with Crippen LogP contribution < -0.4 is 4.74 Å². The molecule has 104 valence electrons. The van der Waals surface area contributed by atoms with Crippen molar-refractivity contribution in [1.29, 1.82) is 0 Å². The smallest absolute Gasteiger partial charge is 0.254 e. The fourth-order valence-corrected chi connectivity index (χ4v) is 2.28. The second-order valence-corrected chi connectivity index (χ2v) is 5.67. The van der Waals surface area contributed by atoms with E-state index in [0.717, 1.165) is 0 Å². The van der Waals surface area contributed by atoms with Crippen LogP contribution in [0.2, 0.25) is 0 Å². The zero-order chi connectivity index (χ0) is 14.0. The van der Waals surface area contributed by atoms with Crippen LogP contribution in [0.15, 0.2) is 24.3 Å². The minimum atomic E-state index is -0.762. The first-order chi connectivity index (χ1) is 8.87. The number of hydrogen-bond donors (Lipinski definition) is 1. The van der Waals surface area contributed by atoms with Gasteiger partial charge in [-0.1, -0.05) is 6.07 Å². The van der Waals surface area contributed by atoms with E-state index in [9.17, 15) is 9.90 Å². The highest BCUT2D eigenvalue weighted by Gasteiger charge is 2.34. The summed E-state index contributed by atoms with van der Waals surface area (Å²) in [4.78, 5) is 14.0. The second-order valence-electron chi connectivity index (χ2n) is 5.67. The SMILES string of the molecule is CC(C)Oc1cccc(C(=O)N2CCC(C)(O)C2)c1. The lowest BCUT2D eigenvalue weighted by atomic mass is 10.1. The molecule has 0 aliphatic carbocycles. The summed E-state index contributed by atoms with van der Waals surface area (Å²) in [7, 11) is 0. The first kappa shape index (κ1) is 13.9. The zero-order valence-electron chi connectivity index (χ0n) is 11.7. The van der Waals surface area contributed by atoms with Gasteiger partial charge >= 0.3 is 0 Å². The maximum Gasteiger partial charge on any atom is 0.254 e. The van der Waals surface area contributed by atoms with Crippen LogP contribution in [0, 0.1) is 0 Å². The Morgan fingerprint density at radius 3 is 2.79 bits per heavy atom. The largest absolute Gasteiger partial charge is 0.491 e. The minimum Gasteiger partial charge on any atom is -0.491 e. The number of carbonyl (C=O) groups excluding carboxylic acids is 1. The molecule has 1 aromatic carbocycles. The molecule has 1 unspecified atom stereocenters. The van der Waals surface area contributed by atoms with Gasteiger partial charge in [0.05, 0.1) is 11.7 Å². The quantitative estimate of drug-likeness (QED) is 0.908. The van der Waals surface area contributed by atoms with Gasteiger partial charge in [0.15, 0.2) is 0 Å². The highest BCUT2D eigenvalue weighted by Crippen LogP contribution is 2.23. The Hall–Kier alpha value is -1.55. The Labute approximate surface area is 114 Å². The van der Waals surface area contributed by atoms with Crippen molar-refractivity contribution in [3.8, 4) is 5.75 Å². The van der Waals surface area contributed by atoms with Crippen molar-refractivity contribution in [3.05, 3.63) is 29.8 Å². The normalized spacial score (nSPS) is 22.9. The summed E-state index contributed by atoms with van der Waals surface area (Å²) in [5, 5.41) is 9.92. The van der Waals surface area contributed by atoms with Crippen LogP contribution in [-0.4, -0.2) is 40.7 Å². The molecule has 1 saturated heterocycles. The maximum atomic E-state index is 12.3. The standard InChI is InChI=1S/C15H21NO3/c1-11(2)19-13-6-4-5-12(9-13)14(17)16-8-7-15(3,18)10-16/h4-6,9,11,18H,7-8,10H2,1-3H3. The van der Waals surface area contributed by atoms with Crippen molar-refractivity contribution in [2.75, 3.05) is 13.1 Å². The number of rotatable bonds is 3. The molecular weight excluding hydrogens is 242 g/mol. The summed E-state index contributed by atoms with van der Waals surface area (Å²) in [5.74, 6) is 0.652. The molecule has 0 saturated carbocycles. The van der Waals surface area contributed by atoms with Gasteiger partial charge in [0, 0.05) is 18.7 Å². The lowest BCUT2D eigenvalue weighted by Crippen LogP contribution is -2.33. The van der Waals surface area contributed by atoms with E-state index >= 15 is 0 Å². The van der Waals surface area contributed by atoms with E-state index < -0.39 is 5.60 Å². The van der Waals surface area contributed by atoms with E-state index in [-0.39, 0.29) is 12.0 Å². The highest BCUT2D eigenvalue weighted by atomic mass is 16.5. The Morgan fingerprint density at radius 1 is 1.47 bits per heavy atom. The molecule has 1 atom stereocenters. The zero-order valence-corrected chi connectivity index (χ0v) is 11.7. The molecule has 4 heteroatoms. The summed E-state index contributed by atoms with van der Waals surface area (Å²) in [5.41, 5.74) is -0.155. The molecule has 0 radical (unpaired) electrons. The van der Waals surface area contributed by atoms with E-state index in [2.05, 4.69) is 0 Å². The van der Waals surface area contributed by atoms with Crippen LogP contribution >= 0.6 is 0 Å². The molecule has 0 aromatic heterocycles. The number of aliphatic hydroxyl groups is 1. The molecule has 0 bridgehead atoms. The first-order valence-electron chi connectivity index (χ1n) is 6.66. The van der Waals surface area contributed by atoms with Gasteiger partial charge in [-0.05, 0) is 45.4 Å². The van der Waals surface area contributed by atoms with Crippen molar-refractivity contribution in [2.45, 2.75) is 38.9 Å². The molecule has 4 nitrogen and oxygen atoms in total. The van der Waals surface area contributed by atoms with Gasteiger partial charge in [-0.15, -0.1) is 0 Å². The van der Waals surface area contributed by atoms with Crippen LogP contribution in [0.25, 0.3) is 0 Å². The van der Waals surface area contributed by atoms with Crippen molar-refractivity contribution >= 4 is 5.91 Å². The van der Waals surface area contributed by atoms with Crippen LogP contribution in [0.5, 0.6) is 5.75 Å². The summed E-state index contributed by atoms with van der Waals surface area (Å²) in [6, 6.07) is 7.20. The number of carbonyl (C=O) groups is 1. The van der Waals surface area contributed by atoms with Gasteiger partial charge < -0.3 is 14.7 Å². The van der Waals surface area contributed by atoms with Crippen LogP contribution in [0.4, 0.5) is 0 Å². The number of ether oxygens (including phenoxy) is 1. The third-order valence-electron chi connectivity index (χ3n) is 3.19. The van der Waals surface area contributed by atoms with E-state index in [0.29, 0.717) is 30.8 Å². The molecule has 1 fully saturated rings.